The fraction of sp³-hybridized carbons (Fsp3) is 0.519. The highest BCUT2D eigenvalue weighted by molar-refractivity contribution is 5.95. The molecule has 1 saturated heterocycles. The molecule has 0 atom stereocenters. The molecule has 3 amide bonds. The number of hydrogen-bond donors (Lipinski definition) is 2. The maximum Gasteiger partial charge on any atom is 0.315 e. The Labute approximate surface area is 207 Å². The van der Waals surface area contributed by atoms with E-state index in [1.165, 1.54) is 19.3 Å². The minimum atomic E-state index is -0.0783. The monoisotopic (exact) mass is 480 g/mol. The van der Waals surface area contributed by atoms with Crippen molar-refractivity contribution in [3.05, 3.63) is 53.9 Å². The Morgan fingerprint density at radius 3 is 2.29 bits per heavy atom. The van der Waals surface area contributed by atoms with E-state index in [4.69, 9.17) is 9.47 Å². The summed E-state index contributed by atoms with van der Waals surface area (Å²) in [4.78, 5) is 31.4. The summed E-state index contributed by atoms with van der Waals surface area (Å²) in [6, 6.07) is 9.44. The molecule has 4 rings (SSSR count). The van der Waals surface area contributed by atoms with Gasteiger partial charge in [-0.3, -0.25) is 9.78 Å². The Bertz CT molecular complexity index is 970. The van der Waals surface area contributed by atoms with Crippen molar-refractivity contribution >= 4 is 11.9 Å². The summed E-state index contributed by atoms with van der Waals surface area (Å²) in [6.07, 6.45) is 10.7. The van der Waals surface area contributed by atoms with Crippen LogP contribution >= 0.6 is 0 Å². The molecule has 35 heavy (non-hydrogen) atoms. The summed E-state index contributed by atoms with van der Waals surface area (Å²) in [6.45, 7) is 3.99. The summed E-state index contributed by atoms with van der Waals surface area (Å²) < 4.78 is 11.7. The van der Waals surface area contributed by atoms with E-state index in [0.29, 0.717) is 49.4 Å². The van der Waals surface area contributed by atoms with Gasteiger partial charge in [0.2, 0.25) is 0 Å². The Morgan fingerprint density at radius 1 is 0.914 bits per heavy atom. The first-order valence-electron chi connectivity index (χ1n) is 12.8. The zero-order valence-corrected chi connectivity index (χ0v) is 20.5. The minimum Gasteiger partial charge on any atom is -0.490 e. The molecule has 1 saturated carbocycles. The number of pyridine rings is 1. The maximum atomic E-state index is 13.2. The summed E-state index contributed by atoms with van der Waals surface area (Å²) in [5, 5.41) is 6.21. The van der Waals surface area contributed by atoms with E-state index in [0.717, 1.165) is 31.2 Å². The van der Waals surface area contributed by atoms with Crippen LogP contribution in [-0.4, -0.2) is 53.6 Å². The van der Waals surface area contributed by atoms with Crippen LogP contribution in [0.2, 0.25) is 0 Å². The van der Waals surface area contributed by atoms with E-state index in [1.54, 1.807) is 30.6 Å². The number of urea groups is 1. The van der Waals surface area contributed by atoms with Crippen molar-refractivity contribution < 1.29 is 19.1 Å². The molecule has 0 radical (unpaired) electrons. The molecular formula is C27H36N4O4. The molecule has 1 aromatic heterocycles. The SMILES string of the molecule is CCOc1cc(C(=O)N2CCC(NC(=O)NC3CCCCC3)CC2)ccc1OCc1ccncc1. The lowest BCUT2D eigenvalue weighted by molar-refractivity contribution is 0.0707. The van der Waals surface area contributed by atoms with Gasteiger partial charge in [-0.2, -0.15) is 0 Å². The lowest BCUT2D eigenvalue weighted by atomic mass is 9.96. The van der Waals surface area contributed by atoms with Crippen molar-refractivity contribution in [2.24, 2.45) is 0 Å². The molecule has 0 spiro atoms. The predicted octanol–water partition coefficient (Wildman–Crippen LogP) is 4.30. The first-order valence-corrected chi connectivity index (χ1v) is 12.8. The molecule has 8 nitrogen and oxygen atoms in total. The largest absolute Gasteiger partial charge is 0.490 e. The molecule has 1 aromatic carbocycles. The Balaban J connectivity index is 1.29. The normalized spacial score (nSPS) is 17.0. The zero-order chi connectivity index (χ0) is 24.5. The third-order valence-corrected chi connectivity index (χ3v) is 6.69. The number of amides is 3. The van der Waals surface area contributed by atoms with Crippen LogP contribution in [0.5, 0.6) is 11.5 Å². The number of carbonyl (C=O) groups is 2. The summed E-state index contributed by atoms with van der Waals surface area (Å²) in [5.41, 5.74) is 1.58. The second-order valence-electron chi connectivity index (χ2n) is 9.26. The van der Waals surface area contributed by atoms with E-state index >= 15 is 0 Å². The summed E-state index contributed by atoms with van der Waals surface area (Å²) in [5.74, 6) is 1.13. The third-order valence-electron chi connectivity index (χ3n) is 6.69. The van der Waals surface area contributed by atoms with E-state index in [9.17, 15) is 9.59 Å². The number of likely N-dealkylation sites (tertiary alicyclic amines) is 1. The van der Waals surface area contributed by atoms with E-state index in [2.05, 4.69) is 15.6 Å². The van der Waals surface area contributed by atoms with Gasteiger partial charge in [-0.15, -0.1) is 0 Å². The van der Waals surface area contributed by atoms with Crippen LogP contribution in [0.4, 0.5) is 4.79 Å². The van der Waals surface area contributed by atoms with Crippen LogP contribution in [-0.2, 0) is 6.61 Å². The van der Waals surface area contributed by atoms with Gasteiger partial charge in [0.25, 0.3) is 5.91 Å². The highest BCUT2D eigenvalue weighted by Crippen LogP contribution is 2.30. The highest BCUT2D eigenvalue weighted by atomic mass is 16.5. The van der Waals surface area contributed by atoms with E-state index in [-0.39, 0.29) is 18.0 Å². The molecule has 1 aliphatic heterocycles. The van der Waals surface area contributed by atoms with Crippen LogP contribution in [0.15, 0.2) is 42.7 Å². The number of rotatable bonds is 8. The third kappa shape index (κ3) is 7.10. The highest BCUT2D eigenvalue weighted by Gasteiger charge is 2.26. The predicted molar refractivity (Wildman–Crippen MR) is 134 cm³/mol. The summed E-state index contributed by atoms with van der Waals surface area (Å²) in [7, 11) is 0. The Hall–Kier alpha value is -3.29. The molecule has 0 unspecified atom stereocenters. The van der Waals surface area contributed by atoms with Gasteiger partial charge in [0, 0.05) is 43.1 Å². The smallest absolute Gasteiger partial charge is 0.315 e. The van der Waals surface area contributed by atoms with Crippen molar-refractivity contribution in [3.8, 4) is 11.5 Å². The van der Waals surface area contributed by atoms with Crippen molar-refractivity contribution in [2.75, 3.05) is 19.7 Å². The number of piperidine rings is 1. The van der Waals surface area contributed by atoms with Gasteiger partial charge in [-0.1, -0.05) is 19.3 Å². The first kappa shape index (κ1) is 24.8. The standard InChI is InChI=1S/C27H36N4O4/c1-2-34-25-18-21(8-9-24(25)35-19-20-10-14-28-15-11-20)26(32)31-16-12-23(13-17-31)30-27(33)29-22-6-4-3-5-7-22/h8-11,14-15,18,22-23H,2-7,12-13,16-17,19H2,1H3,(H2,29,30,33). The van der Waals surface area contributed by atoms with Crippen molar-refractivity contribution in [2.45, 2.75) is 70.6 Å². The molecule has 188 valence electrons. The van der Waals surface area contributed by atoms with Crippen LogP contribution in [0.3, 0.4) is 0 Å². The molecule has 2 N–H and O–H groups in total. The van der Waals surface area contributed by atoms with Crippen molar-refractivity contribution in [1.29, 1.82) is 0 Å². The van der Waals surface area contributed by atoms with Crippen LogP contribution in [0.1, 0.15) is 67.8 Å². The Kier molecular flexibility index (Phi) is 8.81. The second-order valence-corrected chi connectivity index (χ2v) is 9.26. The van der Waals surface area contributed by atoms with Gasteiger partial charge in [0.15, 0.2) is 11.5 Å². The van der Waals surface area contributed by atoms with Gasteiger partial charge >= 0.3 is 6.03 Å². The Morgan fingerprint density at radius 2 is 1.60 bits per heavy atom. The fourth-order valence-electron chi connectivity index (χ4n) is 4.74. The van der Waals surface area contributed by atoms with Gasteiger partial charge < -0.3 is 25.0 Å². The molecular weight excluding hydrogens is 444 g/mol. The average molecular weight is 481 g/mol. The quantitative estimate of drug-likeness (QED) is 0.588. The van der Waals surface area contributed by atoms with Gasteiger partial charge in [0.1, 0.15) is 6.61 Å². The molecule has 8 heteroatoms. The first-order chi connectivity index (χ1) is 17.1. The molecule has 2 fully saturated rings. The van der Waals surface area contributed by atoms with Crippen molar-refractivity contribution in [3.63, 3.8) is 0 Å². The lowest BCUT2D eigenvalue weighted by Crippen LogP contribution is -2.51. The zero-order valence-electron chi connectivity index (χ0n) is 20.5. The fourth-order valence-corrected chi connectivity index (χ4v) is 4.74. The van der Waals surface area contributed by atoms with E-state index < -0.39 is 0 Å². The van der Waals surface area contributed by atoms with Gasteiger partial charge in [0.05, 0.1) is 6.61 Å². The lowest BCUT2D eigenvalue weighted by Gasteiger charge is -2.33. The molecule has 2 heterocycles. The van der Waals surface area contributed by atoms with Crippen LogP contribution in [0, 0.1) is 0 Å². The molecule has 0 bridgehead atoms. The molecule has 2 aliphatic rings. The minimum absolute atomic E-state index is 0.0308. The molecule has 2 aromatic rings. The number of nitrogens with zero attached hydrogens (tertiary/aromatic N) is 2. The number of hydrogen-bond acceptors (Lipinski definition) is 5. The topological polar surface area (TPSA) is 92.8 Å². The summed E-state index contributed by atoms with van der Waals surface area (Å²) >= 11 is 0. The van der Waals surface area contributed by atoms with Crippen molar-refractivity contribution in [1.82, 2.24) is 20.5 Å². The maximum absolute atomic E-state index is 13.2. The van der Waals surface area contributed by atoms with E-state index in [1.807, 2.05) is 24.0 Å². The van der Waals surface area contributed by atoms with Gasteiger partial charge in [-0.25, -0.2) is 4.79 Å². The average Bonchev–Trinajstić information content (AvgIpc) is 2.89. The molecule has 1 aliphatic carbocycles. The second kappa shape index (κ2) is 12.4. The number of aromatic nitrogens is 1. The number of carbonyl (C=O) groups excluding carboxylic acids is 2. The van der Waals surface area contributed by atoms with Gasteiger partial charge in [-0.05, 0) is 68.5 Å². The van der Waals surface area contributed by atoms with Crippen LogP contribution < -0.4 is 20.1 Å². The van der Waals surface area contributed by atoms with Crippen LogP contribution in [0.25, 0.3) is 0 Å². The number of ether oxygens (including phenoxy) is 2. The number of benzene rings is 1. The number of nitrogens with one attached hydrogen (secondary N) is 2.